The Morgan fingerprint density at radius 2 is 0.518 bits per heavy atom. The molecule has 1 heteroatoms. The van der Waals surface area contributed by atoms with Gasteiger partial charge in [-0.3, -0.25) is 0 Å². The molecule has 0 aliphatic heterocycles. The van der Waals surface area contributed by atoms with E-state index in [1.165, 1.54) is 72.3 Å². The van der Waals surface area contributed by atoms with E-state index in [0.717, 1.165) is 17.1 Å². The molecule has 0 atom stereocenters. The second-order valence-corrected chi connectivity index (χ2v) is 14.3. The van der Waals surface area contributed by atoms with Gasteiger partial charge < -0.3 is 4.90 Å². The first-order valence-electron chi connectivity index (χ1n) is 19.2. The van der Waals surface area contributed by atoms with Crippen LogP contribution in [0.3, 0.4) is 0 Å². The Morgan fingerprint density at radius 3 is 0.946 bits per heavy atom. The summed E-state index contributed by atoms with van der Waals surface area (Å²) in [6.07, 6.45) is 0. The number of aryl methyl sites for hydroxylation is 1. The second-order valence-electron chi connectivity index (χ2n) is 14.3. The first-order valence-corrected chi connectivity index (χ1v) is 19.2. The maximum atomic E-state index is 2.35. The molecular formula is C55H41N. The molecule has 0 saturated heterocycles. The highest BCUT2D eigenvalue weighted by atomic mass is 15.1. The maximum absolute atomic E-state index is 2.35. The SMILES string of the molecule is Cc1ccccc1-c1cccc(-c2ccc(N(c3ccc(-c4ccc(-c5ccccc5)cc4)cc3)c3ccc(-c4cccc(-c5ccccc5)c4)cc3)cc2)c1. The standard InChI is InChI=1S/C55H41N/c1-40-12-8-9-21-55(40)51-20-11-19-50(39-51)47-30-36-54(37-31-47)56(52-32-26-45(27-33-52)44-24-22-43(23-25-44)41-13-4-2-5-14-41)53-34-28-46(29-35-53)49-18-10-17-48(38-49)42-15-6-3-7-16-42/h2-39H,1H3. The number of nitrogens with zero attached hydrogens (tertiary/aromatic N) is 1. The van der Waals surface area contributed by atoms with Crippen LogP contribution in [0.2, 0.25) is 0 Å². The monoisotopic (exact) mass is 715 g/mol. The number of hydrogen-bond acceptors (Lipinski definition) is 1. The highest BCUT2D eigenvalue weighted by Crippen LogP contribution is 2.39. The van der Waals surface area contributed by atoms with Crippen LogP contribution in [0.1, 0.15) is 5.56 Å². The minimum Gasteiger partial charge on any atom is -0.311 e. The Morgan fingerprint density at radius 1 is 0.232 bits per heavy atom. The van der Waals surface area contributed by atoms with Gasteiger partial charge in [-0.2, -0.15) is 0 Å². The zero-order valence-corrected chi connectivity index (χ0v) is 31.4. The molecule has 1 nitrogen and oxygen atoms in total. The molecule has 9 aromatic rings. The van der Waals surface area contributed by atoms with Crippen LogP contribution in [0.25, 0.3) is 66.8 Å². The van der Waals surface area contributed by atoms with Crippen LogP contribution < -0.4 is 4.90 Å². The number of rotatable bonds is 9. The summed E-state index contributed by atoms with van der Waals surface area (Å²) < 4.78 is 0. The fraction of sp³-hybridized carbons (Fsp3) is 0.0182. The van der Waals surface area contributed by atoms with E-state index < -0.39 is 0 Å². The molecule has 0 N–H and O–H groups in total. The molecule has 0 saturated carbocycles. The summed E-state index contributed by atoms with van der Waals surface area (Å²) in [7, 11) is 0. The van der Waals surface area contributed by atoms with Crippen LogP contribution in [0.15, 0.2) is 231 Å². The van der Waals surface area contributed by atoms with Crippen molar-refractivity contribution in [3.05, 3.63) is 236 Å². The lowest BCUT2D eigenvalue weighted by Gasteiger charge is -2.26. The zero-order valence-electron chi connectivity index (χ0n) is 31.4. The minimum atomic E-state index is 1.10. The van der Waals surface area contributed by atoms with Gasteiger partial charge in [0, 0.05) is 17.1 Å². The Bertz CT molecular complexity index is 2690. The average Bonchev–Trinajstić information content (AvgIpc) is 3.28. The molecule has 0 radical (unpaired) electrons. The molecule has 9 aromatic carbocycles. The highest BCUT2D eigenvalue weighted by Gasteiger charge is 2.15. The third-order valence-electron chi connectivity index (χ3n) is 10.7. The first-order chi connectivity index (χ1) is 27.7. The molecule has 9 rings (SSSR count). The van der Waals surface area contributed by atoms with Gasteiger partial charge in [0.25, 0.3) is 0 Å². The molecule has 266 valence electrons. The molecule has 0 aliphatic carbocycles. The molecule has 0 heterocycles. The Labute approximate surface area is 330 Å². The van der Waals surface area contributed by atoms with Gasteiger partial charge >= 0.3 is 0 Å². The second kappa shape index (κ2) is 15.6. The third-order valence-corrected chi connectivity index (χ3v) is 10.7. The van der Waals surface area contributed by atoms with E-state index in [4.69, 9.17) is 0 Å². The fourth-order valence-electron chi connectivity index (χ4n) is 7.61. The van der Waals surface area contributed by atoms with Gasteiger partial charge in [0.2, 0.25) is 0 Å². The molecule has 0 spiro atoms. The van der Waals surface area contributed by atoms with Gasteiger partial charge in [-0.05, 0) is 128 Å². The maximum Gasteiger partial charge on any atom is 0.0462 e. The van der Waals surface area contributed by atoms with Crippen molar-refractivity contribution in [1.29, 1.82) is 0 Å². The lowest BCUT2D eigenvalue weighted by Crippen LogP contribution is -2.09. The summed E-state index contributed by atoms with van der Waals surface area (Å²) >= 11 is 0. The summed E-state index contributed by atoms with van der Waals surface area (Å²) in [5.41, 5.74) is 19.1. The predicted octanol–water partition coefficient (Wildman–Crippen LogP) is 15.5. The Hall–Kier alpha value is -7.22. The molecular weight excluding hydrogens is 675 g/mol. The van der Waals surface area contributed by atoms with Crippen molar-refractivity contribution in [3.63, 3.8) is 0 Å². The van der Waals surface area contributed by atoms with Gasteiger partial charge in [-0.25, -0.2) is 0 Å². The lowest BCUT2D eigenvalue weighted by atomic mass is 9.96. The summed E-state index contributed by atoms with van der Waals surface area (Å²) in [6.45, 7) is 2.17. The van der Waals surface area contributed by atoms with Crippen LogP contribution in [0.5, 0.6) is 0 Å². The fourth-order valence-corrected chi connectivity index (χ4v) is 7.61. The van der Waals surface area contributed by atoms with Gasteiger partial charge in [0.05, 0.1) is 0 Å². The van der Waals surface area contributed by atoms with E-state index >= 15 is 0 Å². The molecule has 56 heavy (non-hydrogen) atoms. The van der Waals surface area contributed by atoms with Gasteiger partial charge in [0.1, 0.15) is 0 Å². The van der Waals surface area contributed by atoms with Gasteiger partial charge in [-0.15, -0.1) is 0 Å². The van der Waals surface area contributed by atoms with Gasteiger partial charge in [-0.1, -0.05) is 182 Å². The first kappa shape index (κ1) is 34.5. The van der Waals surface area contributed by atoms with Crippen molar-refractivity contribution < 1.29 is 0 Å². The van der Waals surface area contributed by atoms with Crippen molar-refractivity contribution >= 4 is 17.1 Å². The largest absolute Gasteiger partial charge is 0.311 e. The summed E-state index contributed by atoms with van der Waals surface area (Å²) in [6, 6.07) is 83.0. The van der Waals surface area contributed by atoms with Crippen molar-refractivity contribution in [2.24, 2.45) is 0 Å². The number of benzene rings is 9. The van der Waals surface area contributed by atoms with E-state index in [2.05, 4.69) is 242 Å². The van der Waals surface area contributed by atoms with E-state index in [0.29, 0.717) is 0 Å². The van der Waals surface area contributed by atoms with Crippen molar-refractivity contribution in [3.8, 4) is 66.8 Å². The number of hydrogen-bond donors (Lipinski definition) is 0. The third kappa shape index (κ3) is 7.31. The molecule has 0 aromatic heterocycles. The molecule has 0 bridgehead atoms. The summed E-state index contributed by atoms with van der Waals surface area (Å²) in [5, 5.41) is 0. The minimum absolute atomic E-state index is 1.10. The summed E-state index contributed by atoms with van der Waals surface area (Å²) in [4.78, 5) is 2.35. The summed E-state index contributed by atoms with van der Waals surface area (Å²) in [5.74, 6) is 0. The topological polar surface area (TPSA) is 3.24 Å². The molecule has 0 fully saturated rings. The van der Waals surface area contributed by atoms with Crippen molar-refractivity contribution in [2.45, 2.75) is 6.92 Å². The molecule has 0 amide bonds. The van der Waals surface area contributed by atoms with Crippen molar-refractivity contribution in [2.75, 3.05) is 4.90 Å². The highest BCUT2D eigenvalue weighted by molar-refractivity contribution is 5.83. The van der Waals surface area contributed by atoms with Crippen LogP contribution >= 0.6 is 0 Å². The number of anilines is 3. The van der Waals surface area contributed by atoms with E-state index in [1.807, 2.05) is 0 Å². The average molecular weight is 716 g/mol. The Kier molecular flexibility index (Phi) is 9.64. The van der Waals surface area contributed by atoms with Crippen LogP contribution in [0, 0.1) is 6.92 Å². The molecule has 0 unspecified atom stereocenters. The van der Waals surface area contributed by atoms with E-state index in [-0.39, 0.29) is 0 Å². The quantitative estimate of drug-likeness (QED) is 0.144. The van der Waals surface area contributed by atoms with Crippen LogP contribution in [-0.2, 0) is 0 Å². The predicted molar refractivity (Wildman–Crippen MR) is 238 cm³/mol. The van der Waals surface area contributed by atoms with E-state index in [9.17, 15) is 0 Å². The normalized spacial score (nSPS) is 10.9. The van der Waals surface area contributed by atoms with Crippen LogP contribution in [0.4, 0.5) is 17.1 Å². The van der Waals surface area contributed by atoms with Crippen molar-refractivity contribution in [1.82, 2.24) is 0 Å². The molecule has 0 aliphatic rings. The lowest BCUT2D eigenvalue weighted by molar-refractivity contribution is 1.28. The van der Waals surface area contributed by atoms with Gasteiger partial charge in [0.15, 0.2) is 0 Å². The zero-order chi connectivity index (χ0) is 37.7. The Balaban J connectivity index is 1.05. The smallest absolute Gasteiger partial charge is 0.0462 e. The van der Waals surface area contributed by atoms with E-state index in [1.54, 1.807) is 0 Å². The van der Waals surface area contributed by atoms with Crippen LogP contribution in [-0.4, -0.2) is 0 Å².